The van der Waals surface area contributed by atoms with Crippen molar-refractivity contribution >= 4 is 21.9 Å². The third-order valence-corrected chi connectivity index (χ3v) is 3.23. The molecule has 0 unspecified atom stereocenters. The molecule has 0 aliphatic carbocycles. The fourth-order valence-electron chi connectivity index (χ4n) is 1.57. The topological polar surface area (TPSA) is 72.3 Å². The Balaban J connectivity index is 2.41. The first-order valence-corrected chi connectivity index (χ1v) is 6.91. The van der Waals surface area contributed by atoms with Crippen LogP contribution >= 0.6 is 15.9 Å². The Labute approximate surface area is 128 Å². The summed E-state index contributed by atoms with van der Waals surface area (Å²) >= 11 is 3.15. The molecule has 1 aromatic carbocycles. The van der Waals surface area contributed by atoms with Crippen LogP contribution < -0.4 is 4.74 Å². The fraction of sp³-hybridized carbons (Fsp3) is 0.214. The number of aromatic nitrogens is 2. The van der Waals surface area contributed by atoms with Crippen LogP contribution in [0.3, 0.4) is 0 Å². The zero-order valence-electron chi connectivity index (χ0n) is 11.3. The van der Waals surface area contributed by atoms with Crippen LogP contribution in [0.25, 0.3) is 0 Å². The summed E-state index contributed by atoms with van der Waals surface area (Å²) in [6.07, 6.45) is 1.31. The number of hydrogen-bond acceptors (Lipinski definition) is 4. The van der Waals surface area contributed by atoms with Gasteiger partial charge in [-0.05, 0) is 34.1 Å². The summed E-state index contributed by atoms with van der Waals surface area (Å²) in [6, 6.07) is 3.82. The normalized spacial score (nSPS) is 10.7. The van der Waals surface area contributed by atoms with Gasteiger partial charge in [0.25, 0.3) is 0 Å². The third-order valence-electron chi connectivity index (χ3n) is 2.61. The Bertz CT molecular complexity index is 692. The second kappa shape index (κ2) is 6.17. The molecule has 0 saturated carbocycles. The van der Waals surface area contributed by atoms with Gasteiger partial charge >= 0.3 is 5.97 Å². The highest BCUT2D eigenvalue weighted by molar-refractivity contribution is 9.10. The lowest BCUT2D eigenvalue weighted by atomic mass is 10.2. The molecule has 1 N–H and O–H groups in total. The van der Waals surface area contributed by atoms with Gasteiger partial charge in [0.2, 0.25) is 0 Å². The van der Waals surface area contributed by atoms with Crippen LogP contribution in [0.15, 0.2) is 28.9 Å². The smallest absolute Gasteiger partial charge is 0.358 e. The number of halogens is 2. The summed E-state index contributed by atoms with van der Waals surface area (Å²) in [6.45, 7) is 3.72. The van der Waals surface area contributed by atoms with E-state index in [1.165, 1.54) is 24.4 Å². The van der Waals surface area contributed by atoms with Gasteiger partial charge in [-0.2, -0.15) is 0 Å². The highest BCUT2D eigenvalue weighted by Crippen LogP contribution is 2.31. The molecule has 0 fully saturated rings. The molecule has 110 valence electrons. The molecule has 0 radical (unpaired) electrons. The number of ether oxygens (including phenoxy) is 1. The van der Waals surface area contributed by atoms with Crippen molar-refractivity contribution in [3.63, 3.8) is 0 Å². The molecule has 0 aliphatic heterocycles. The number of aromatic carboxylic acids is 1. The lowest BCUT2D eigenvalue weighted by Crippen LogP contribution is -2.08. The molecule has 0 aliphatic rings. The van der Waals surface area contributed by atoms with Crippen molar-refractivity contribution < 1.29 is 19.0 Å². The summed E-state index contributed by atoms with van der Waals surface area (Å²) in [4.78, 5) is 19.3. The number of carboxylic acids is 1. The average molecular weight is 355 g/mol. The minimum Gasteiger partial charge on any atom is -0.476 e. The zero-order chi connectivity index (χ0) is 15.6. The summed E-state index contributed by atoms with van der Waals surface area (Å²) in [5.41, 5.74) is -0.232. The van der Waals surface area contributed by atoms with Gasteiger partial charge < -0.3 is 9.84 Å². The van der Waals surface area contributed by atoms with Gasteiger partial charge in [0, 0.05) is 5.92 Å². The van der Waals surface area contributed by atoms with E-state index in [1.54, 1.807) is 0 Å². The van der Waals surface area contributed by atoms with Crippen LogP contribution in [0.4, 0.5) is 4.39 Å². The highest BCUT2D eigenvalue weighted by Gasteiger charge is 2.18. The number of carboxylic acid groups (broad SMARTS) is 1. The summed E-state index contributed by atoms with van der Waals surface area (Å²) in [5, 5.41) is 9.22. The van der Waals surface area contributed by atoms with Crippen molar-refractivity contribution in [3.05, 3.63) is 46.2 Å². The highest BCUT2D eigenvalue weighted by atomic mass is 79.9. The number of rotatable bonds is 4. The van der Waals surface area contributed by atoms with Gasteiger partial charge in [0.15, 0.2) is 11.4 Å². The minimum atomic E-state index is -1.22. The monoisotopic (exact) mass is 354 g/mol. The molecular weight excluding hydrogens is 343 g/mol. The van der Waals surface area contributed by atoms with Gasteiger partial charge in [-0.1, -0.05) is 13.8 Å². The Morgan fingerprint density at radius 1 is 1.38 bits per heavy atom. The quantitative estimate of drug-likeness (QED) is 0.898. The molecule has 21 heavy (non-hydrogen) atoms. The Hall–Kier alpha value is -2.02. The van der Waals surface area contributed by atoms with E-state index in [0.29, 0.717) is 10.3 Å². The first-order valence-electron chi connectivity index (χ1n) is 6.11. The van der Waals surface area contributed by atoms with Crippen molar-refractivity contribution in [2.45, 2.75) is 19.8 Å². The van der Waals surface area contributed by atoms with Crippen LogP contribution in [0.5, 0.6) is 11.5 Å². The number of benzene rings is 1. The van der Waals surface area contributed by atoms with Crippen LogP contribution in [0, 0.1) is 5.82 Å². The molecule has 2 rings (SSSR count). The van der Waals surface area contributed by atoms with Crippen LogP contribution in [0.1, 0.15) is 36.1 Å². The Morgan fingerprint density at radius 2 is 2.10 bits per heavy atom. The fourth-order valence-corrected chi connectivity index (χ4v) is 2.00. The minimum absolute atomic E-state index is 0.000733. The van der Waals surface area contributed by atoms with E-state index in [0.717, 1.165) is 0 Å². The summed E-state index contributed by atoms with van der Waals surface area (Å²) in [7, 11) is 0. The van der Waals surface area contributed by atoms with Crippen molar-refractivity contribution in [2.24, 2.45) is 0 Å². The summed E-state index contributed by atoms with van der Waals surface area (Å²) in [5.74, 6) is -0.960. The van der Waals surface area contributed by atoms with Gasteiger partial charge in [0.05, 0.1) is 10.7 Å². The Morgan fingerprint density at radius 3 is 2.67 bits per heavy atom. The molecule has 1 aromatic heterocycles. The second-order valence-corrected chi connectivity index (χ2v) is 5.43. The zero-order valence-corrected chi connectivity index (χ0v) is 12.9. The maximum Gasteiger partial charge on any atom is 0.358 e. The molecule has 0 spiro atoms. The number of hydrogen-bond donors (Lipinski definition) is 1. The van der Waals surface area contributed by atoms with Crippen molar-refractivity contribution in [1.82, 2.24) is 9.97 Å². The summed E-state index contributed by atoms with van der Waals surface area (Å²) < 4.78 is 18.9. The van der Waals surface area contributed by atoms with E-state index in [-0.39, 0.29) is 23.1 Å². The van der Waals surface area contributed by atoms with Crippen molar-refractivity contribution in [3.8, 4) is 11.5 Å². The van der Waals surface area contributed by atoms with E-state index < -0.39 is 11.8 Å². The average Bonchev–Trinajstić information content (AvgIpc) is 2.41. The first kappa shape index (κ1) is 15.4. The van der Waals surface area contributed by atoms with E-state index >= 15 is 0 Å². The van der Waals surface area contributed by atoms with Crippen LogP contribution in [-0.4, -0.2) is 21.0 Å². The Kier molecular flexibility index (Phi) is 4.52. The molecule has 7 heteroatoms. The molecule has 1 heterocycles. The van der Waals surface area contributed by atoms with Crippen LogP contribution in [0.2, 0.25) is 0 Å². The molecular formula is C14H12BrFN2O3. The van der Waals surface area contributed by atoms with Gasteiger partial charge in [-0.15, -0.1) is 0 Å². The molecule has 0 amide bonds. The largest absolute Gasteiger partial charge is 0.476 e. The maximum atomic E-state index is 13.0. The number of nitrogens with zero attached hydrogens (tertiary/aromatic N) is 2. The first-order chi connectivity index (χ1) is 9.88. The predicted molar refractivity (Wildman–Crippen MR) is 77.3 cm³/mol. The van der Waals surface area contributed by atoms with Gasteiger partial charge in [-0.3, -0.25) is 0 Å². The predicted octanol–water partition coefficient (Wildman–Crippen LogP) is 3.99. The molecule has 0 saturated heterocycles. The molecule has 2 aromatic rings. The number of carbonyl (C=O) groups is 1. The molecule has 0 atom stereocenters. The molecule has 0 bridgehead atoms. The SMILES string of the molecule is CC(C)c1ncc(Oc2ccc(F)cc2Br)c(C(=O)O)n1. The third kappa shape index (κ3) is 3.55. The standard InChI is InChI=1S/C14H12BrFN2O3/c1-7(2)13-17-6-11(12(18-13)14(19)20)21-10-4-3-8(16)5-9(10)15/h3-7H,1-2H3,(H,19,20). The maximum absolute atomic E-state index is 13.0. The van der Waals surface area contributed by atoms with E-state index in [2.05, 4.69) is 25.9 Å². The van der Waals surface area contributed by atoms with Crippen LogP contribution in [-0.2, 0) is 0 Å². The second-order valence-electron chi connectivity index (χ2n) is 4.58. The molecule has 5 nitrogen and oxygen atoms in total. The lowest BCUT2D eigenvalue weighted by molar-refractivity contribution is 0.0686. The van der Waals surface area contributed by atoms with Gasteiger partial charge in [-0.25, -0.2) is 19.2 Å². The van der Waals surface area contributed by atoms with Gasteiger partial charge in [0.1, 0.15) is 17.4 Å². The van der Waals surface area contributed by atoms with E-state index in [4.69, 9.17) is 4.74 Å². The van der Waals surface area contributed by atoms with E-state index in [9.17, 15) is 14.3 Å². The lowest BCUT2D eigenvalue weighted by Gasteiger charge is -2.11. The van der Waals surface area contributed by atoms with E-state index in [1.807, 2.05) is 13.8 Å². The van der Waals surface area contributed by atoms with Crippen molar-refractivity contribution in [2.75, 3.05) is 0 Å². The van der Waals surface area contributed by atoms with Crippen molar-refractivity contribution in [1.29, 1.82) is 0 Å².